The monoisotopic (exact) mass is 403 g/mol. The van der Waals surface area contributed by atoms with Crippen molar-refractivity contribution in [3.63, 3.8) is 0 Å². The number of carboxylic acids is 1. The third kappa shape index (κ3) is 5.37. The van der Waals surface area contributed by atoms with Gasteiger partial charge in [0, 0.05) is 11.6 Å². The smallest absolute Gasteiger partial charge is 0.323 e. The summed E-state index contributed by atoms with van der Waals surface area (Å²) in [5.74, 6) is -2.25. The normalized spacial score (nSPS) is 11.9. The topological polar surface area (TPSA) is 115 Å². The van der Waals surface area contributed by atoms with Crippen LogP contribution in [0.2, 0.25) is 0 Å². The standard InChI is InChI=1S/C21H25NO7/c1-12(2)29-15-7-5-14(6-8-15)16(10-19(26)28-4)20-17(23)9-13(3)22(21(20)27)11-18(24)25/h5-9,12,16,23H,10-11H2,1-4H3,(H,24,25)/t16-/m0/s1. The van der Waals surface area contributed by atoms with Crippen LogP contribution in [0.15, 0.2) is 35.1 Å². The number of hydrogen-bond donors (Lipinski definition) is 2. The van der Waals surface area contributed by atoms with E-state index in [4.69, 9.17) is 14.6 Å². The van der Waals surface area contributed by atoms with Crippen molar-refractivity contribution in [2.45, 2.75) is 45.8 Å². The lowest BCUT2D eigenvalue weighted by atomic mass is 9.88. The molecule has 0 aliphatic carbocycles. The summed E-state index contributed by atoms with van der Waals surface area (Å²) in [7, 11) is 1.23. The van der Waals surface area contributed by atoms with Crippen LogP contribution in [0.25, 0.3) is 0 Å². The summed E-state index contributed by atoms with van der Waals surface area (Å²) < 4.78 is 11.4. The molecule has 0 aliphatic rings. The van der Waals surface area contributed by atoms with Gasteiger partial charge in [-0.05, 0) is 44.5 Å². The first-order valence-electron chi connectivity index (χ1n) is 9.12. The van der Waals surface area contributed by atoms with E-state index in [2.05, 4.69) is 0 Å². The lowest BCUT2D eigenvalue weighted by molar-refractivity contribution is -0.141. The minimum Gasteiger partial charge on any atom is -0.507 e. The summed E-state index contributed by atoms with van der Waals surface area (Å²) in [4.78, 5) is 36.2. The van der Waals surface area contributed by atoms with Gasteiger partial charge in [-0.25, -0.2) is 0 Å². The van der Waals surface area contributed by atoms with Gasteiger partial charge in [-0.3, -0.25) is 14.4 Å². The quantitative estimate of drug-likeness (QED) is 0.651. The summed E-state index contributed by atoms with van der Waals surface area (Å²) >= 11 is 0. The maximum atomic E-state index is 13.0. The Balaban J connectivity index is 2.60. The Kier molecular flexibility index (Phi) is 7.03. The second-order valence-electron chi connectivity index (χ2n) is 6.94. The van der Waals surface area contributed by atoms with Crippen molar-refractivity contribution in [1.82, 2.24) is 4.57 Å². The van der Waals surface area contributed by atoms with Crippen LogP contribution in [0, 0.1) is 6.92 Å². The van der Waals surface area contributed by atoms with E-state index in [1.54, 1.807) is 24.3 Å². The molecule has 0 fully saturated rings. The Morgan fingerprint density at radius 2 is 1.79 bits per heavy atom. The van der Waals surface area contributed by atoms with E-state index in [9.17, 15) is 19.5 Å². The van der Waals surface area contributed by atoms with Crippen LogP contribution in [0.4, 0.5) is 0 Å². The lowest BCUT2D eigenvalue weighted by Crippen LogP contribution is -2.30. The van der Waals surface area contributed by atoms with Crippen LogP contribution in [0.3, 0.4) is 0 Å². The van der Waals surface area contributed by atoms with Gasteiger partial charge in [0.1, 0.15) is 18.0 Å². The van der Waals surface area contributed by atoms with Crippen molar-refractivity contribution in [3.8, 4) is 11.5 Å². The molecule has 0 bridgehead atoms. The Bertz CT molecular complexity index is 945. The number of carboxylic acid groups (broad SMARTS) is 1. The number of carbonyl (C=O) groups is 2. The number of hydrogen-bond acceptors (Lipinski definition) is 6. The Morgan fingerprint density at radius 1 is 1.17 bits per heavy atom. The molecule has 29 heavy (non-hydrogen) atoms. The Morgan fingerprint density at radius 3 is 2.31 bits per heavy atom. The largest absolute Gasteiger partial charge is 0.507 e. The molecule has 8 heteroatoms. The molecule has 2 rings (SSSR count). The highest BCUT2D eigenvalue weighted by Gasteiger charge is 2.27. The fourth-order valence-electron chi connectivity index (χ4n) is 3.12. The molecule has 156 valence electrons. The van der Waals surface area contributed by atoms with Crippen molar-refractivity contribution >= 4 is 11.9 Å². The van der Waals surface area contributed by atoms with Crippen molar-refractivity contribution in [1.29, 1.82) is 0 Å². The maximum absolute atomic E-state index is 13.0. The van der Waals surface area contributed by atoms with Gasteiger partial charge in [0.25, 0.3) is 5.56 Å². The molecular formula is C21H25NO7. The number of aromatic hydroxyl groups is 1. The van der Waals surface area contributed by atoms with Crippen molar-refractivity contribution < 1.29 is 29.3 Å². The zero-order valence-corrected chi connectivity index (χ0v) is 16.8. The highest BCUT2D eigenvalue weighted by molar-refractivity contribution is 5.71. The number of esters is 1. The highest BCUT2D eigenvalue weighted by Crippen LogP contribution is 2.33. The van der Waals surface area contributed by atoms with Crippen molar-refractivity contribution in [3.05, 3.63) is 57.5 Å². The molecule has 0 saturated carbocycles. The number of benzene rings is 1. The number of rotatable bonds is 8. The molecule has 0 saturated heterocycles. The molecule has 1 atom stereocenters. The molecular weight excluding hydrogens is 378 g/mol. The molecule has 2 aromatic rings. The van der Waals surface area contributed by atoms with E-state index in [1.165, 1.54) is 20.1 Å². The van der Waals surface area contributed by atoms with E-state index >= 15 is 0 Å². The maximum Gasteiger partial charge on any atom is 0.323 e. The zero-order valence-electron chi connectivity index (χ0n) is 16.8. The van der Waals surface area contributed by atoms with E-state index in [-0.39, 0.29) is 23.8 Å². The average Bonchev–Trinajstić information content (AvgIpc) is 2.64. The van der Waals surface area contributed by atoms with Crippen LogP contribution in [-0.4, -0.2) is 39.9 Å². The van der Waals surface area contributed by atoms with Gasteiger partial charge in [0.05, 0.1) is 25.2 Å². The van der Waals surface area contributed by atoms with Gasteiger partial charge in [0.2, 0.25) is 0 Å². The van der Waals surface area contributed by atoms with Gasteiger partial charge in [-0.1, -0.05) is 12.1 Å². The third-order valence-corrected chi connectivity index (χ3v) is 4.42. The highest BCUT2D eigenvalue weighted by atomic mass is 16.5. The Hall–Kier alpha value is -3.29. The fourth-order valence-corrected chi connectivity index (χ4v) is 3.12. The lowest BCUT2D eigenvalue weighted by Gasteiger charge is -2.20. The number of nitrogens with zero attached hydrogens (tertiary/aromatic N) is 1. The van der Waals surface area contributed by atoms with Crippen molar-refractivity contribution in [2.24, 2.45) is 0 Å². The number of aryl methyl sites for hydroxylation is 1. The van der Waals surface area contributed by atoms with Gasteiger partial charge >= 0.3 is 11.9 Å². The fraction of sp³-hybridized carbons (Fsp3) is 0.381. The molecule has 8 nitrogen and oxygen atoms in total. The number of ether oxygens (including phenoxy) is 2. The molecule has 0 radical (unpaired) electrons. The second kappa shape index (κ2) is 9.27. The third-order valence-electron chi connectivity index (χ3n) is 4.42. The number of aliphatic carboxylic acids is 1. The number of aromatic nitrogens is 1. The summed E-state index contributed by atoms with van der Waals surface area (Å²) in [5, 5.41) is 19.6. The van der Waals surface area contributed by atoms with Crippen LogP contribution in [0.5, 0.6) is 11.5 Å². The van der Waals surface area contributed by atoms with Gasteiger partial charge < -0.3 is 24.3 Å². The first-order chi connectivity index (χ1) is 13.6. The molecule has 1 aromatic heterocycles. The van der Waals surface area contributed by atoms with Crippen molar-refractivity contribution in [2.75, 3.05) is 7.11 Å². The molecule has 0 aliphatic heterocycles. The minimum absolute atomic E-state index is 0.0175. The molecule has 2 N–H and O–H groups in total. The number of methoxy groups -OCH3 is 1. The first-order valence-corrected chi connectivity index (χ1v) is 9.12. The van der Waals surface area contributed by atoms with Gasteiger partial charge in [-0.2, -0.15) is 0 Å². The minimum atomic E-state index is -1.19. The molecule has 0 amide bonds. The van der Waals surface area contributed by atoms with Crippen LogP contribution in [0.1, 0.15) is 43.0 Å². The SMILES string of the molecule is COC(=O)C[C@@H](c1ccc(OC(C)C)cc1)c1c(O)cc(C)n(CC(=O)O)c1=O. The van der Waals surface area contributed by atoms with Gasteiger partial charge in [-0.15, -0.1) is 0 Å². The van der Waals surface area contributed by atoms with Crippen LogP contribution in [-0.2, 0) is 20.9 Å². The van der Waals surface area contributed by atoms with E-state index < -0.39 is 30.0 Å². The first kappa shape index (κ1) is 22.0. The zero-order chi connectivity index (χ0) is 21.7. The summed E-state index contributed by atoms with van der Waals surface area (Å²) in [5.41, 5.74) is 0.168. The van der Waals surface area contributed by atoms with E-state index in [0.717, 1.165) is 4.57 Å². The summed E-state index contributed by atoms with van der Waals surface area (Å²) in [6.07, 6.45) is -0.212. The van der Waals surface area contributed by atoms with E-state index in [0.29, 0.717) is 17.0 Å². The molecule has 1 aromatic carbocycles. The van der Waals surface area contributed by atoms with E-state index in [1.807, 2.05) is 13.8 Å². The molecule has 1 heterocycles. The summed E-state index contributed by atoms with van der Waals surface area (Å²) in [6.45, 7) is 4.76. The summed E-state index contributed by atoms with van der Waals surface area (Å²) in [6, 6.07) is 8.14. The Labute approximate surface area is 168 Å². The average molecular weight is 403 g/mol. The van der Waals surface area contributed by atoms with Crippen LogP contribution >= 0.6 is 0 Å². The van der Waals surface area contributed by atoms with Gasteiger partial charge in [0.15, 0.2) is 0 Å². The number of pyridine rings is 1. The molecule has 0 unspecified atom stereocenters. The predicted molar refractivity (Wildman–Crippen MR) is 105 cm³/mol. The van der Waals surface area contributed by atoms with Crippen LogP contribution < -0.4 is 10.3 Å². The predicted octanol–water partition coefficient (Wildman–Crippen LogP) is 2.43. The second-order valence-corrected chi connectivity index (χ2v) is 6.94. The molecule has 0 spiro atoms. The number of carbonyl (C=O) groups excluding carboxylic acids is 1.